The highest BCUT2D eigenvalue weighted by Crippen LogP contribution is 2.20. The maximum atomic E-state index is 12.3. The molecule has 2 aromatic heterocycles. The molecule has 2 heterocycles. The van der Waals surface area contributed by atoms with Crippen LogP contribution in [0.5, 0.6) is 0 Å². The average molecular weight is 281 g/mol. The number of rotatable bonds is 3. The van der Waals surface area contributed by atoms with Crippen molar-refractivity contribution in [1.29, 1.82) is 0 Å². The van der Waals surface area contributed by atoms with Crippen molar-refractivity contribution in [2.75, 3.05) is 0 Å². The van der Waals surface area contributed by atoms with Gasteiger partial charge in [-0.2, -0.15) is 0 Å². The van der Waals surface area contributed by atoms with Crippen LogP contribution in [-0.2, 0) is 7.05 Å². The molecule has 1 N–H and O–H groups in total. The van der Waals surface area contributed by atoms with Gasteiger partial charge in [0.15, 0.2) is 0 Å². The van der Waals surface area contributed by atoms with Crippen LogP contribution in [0.1, 0.15) is 17.4 Å². The Bertz CT molecular complexity index is 718. The molecule has 1 atom stereocenters. The van der Waals surface area contributed by atoms with Crippen LogP contribution in [0.25, 0.3) is 0 Å². The molecule has 1 amide bonds. The lowest BCUT2D eigenvalue weighted by Crippen LogP contribution is -2.33. The first kappa shape index (κ1) is 13.1. The average Bonchev–Trinajstić information content (AvgIpc) is 3.17. The minimum Gasteiger partial charge on any atom is -0.336 e. The fourth-order valence-electron chi connectivity index (χ4n) is 2.18. The Morgan fingerprint density at radius 1 is 1.19 bits per heavy atom. The van der Waals surface area contributed by atoms with E-state index in [9.17, 15) is 4.79 Å². The lowest BCUT2D eigenvalue weighted by atomic mass is 10.1. The standard InChI is InChI=1S/C15H15N5O/c1-19-9-8-17-14(19)13(12-5-3-2-4-6-12)18-15(21)20-10-7-16-11-20/h2-11,13H,1H3,(H,18,21). The fraction of sp³-hybridized carbons (Fsp3) is 0.133. The third kappa shape index (κ3) is 2.69. The second kappa shape index (κ2) is 5.62. The van der Waals surface area contributed by atoms with E-state index in [1.807, 2.05) is 48.1 Å². The summed E-state index contributed by atoms with van der Waals surface area (Å²) in [5.41, 5.74) is 0.972. The number of benzene rings is 1. The van der Waals surface area contributed by atoms with Crippen LogP contribution in [0.4, 0.5) is 4.79 Å². The molecule has 0 spiro atoms. The number of imidazole rings is 2. The van der Waals surface area contributed by atoms with Crippen LogP contribution in [0, 0.1) is 0 Å². The minimum absolute atomic E-state index is 0.246. The highest BCUT2D eigenvalue weighted by molar-refractivity contribution is 5.77. The van der Waals surface area contributed by atoms with Crippen molar-refractivity contribution < 1.29 is 4.79 Å². The molecule has 0 bridgehead atoms. The third-order valence-electron chi connectivity index (χ3n) is 3.26. The van der Waals surface area contributed by atoms with Crippen LogP contribution >= 0.6 is 0 Å². The van der Waals surface area contributed by atoms with E-state index in [-0.39, 0.29) is 12.1 Å². The summed E-state index contributed by atoms with van der Waals surface area (Å²) in [6, 6.07) is 9.19. The molecule has 1 unspecified atom stereocenters. The van der Waals surface area contributed by atoms with Crippen molar-refractivity contribution in [3.8, 4) is 0 Å². The zero-order chi connectivity index (χ0) is 14.7. The van der Waals surface area contributed by atoms with Gasteiger partial charge in [-0.15, -0.1) is 0 Å². The largest absolute Gasteiger partial charge is 0.336 e. The molecular weight excluding hydrogens is 266 g/mol. The number of aryl methyl sites for hydroxylation is 1. The first-order valence-electron chi connectivity index (χ1n) is 6.56. The Hall–Kier alpha value is -2.89. The van der Waals surface area contributed by atoms with Gasteiger partial charge in [-0.3, -0.25) is 4.57 Å². The Balaban J connectivity index is 1.94. The van der Waals surface area contributed by atoms with E-state index in [1.54, 1.807) is 18.6 Å². The van der Waals surface area contributed by atoms with Gasteiger partial charge in [-0.05, 0) is 5.56 Å². The van der Waals surface area contributed by atoms with E-state index >= 15 is 0 Å². The number of nitrogens with one attached hydrogen (secondary N) is 1. The lowest BCUT2D eigenvalue weighted by Gasteiger charge is -2.19. The zero-order valence-corrected chi connectivity index (χ0v) is 11.5. The quantitative estimate of drug-likeness (QED) is 0.798. The van der Waals surface area contributed by atoms with Gasteiger partial charge in [-0.1, -0.05) is 30.3 Å². The predicted octanol–water partition coefficient (Wildman–Crippen LogP) is 1.96. The van der Waals surface area contributed by atoms with Gasteiger partial charge in [0.25, 0.3) is 0 Å². The van der Waals surface area contributed by atoms with Crippen LogP contribution in [-0.4, -0.2) is 25.1 Å². The molecule has 1 aromatic carbocycles. The monoisotopic (exact) mass is 281 g/mol. The van der Waals surface area contributed by atoms with Crippen LogP contribution < -0.4 is 5.32 Å². The zero-order valence-electron chi connectivity index (χ0n) is 11.5. The highest BCUT2D eigenvalue weighted by Gasteiger charge is 2.20. The minimum atomic E-state index is -0.318. The molecule has 106 valence electrons. The van der Waals surface area contributed by atoms with Crippen molar-refractivity contribution in [1.82, 2.24) is 24.4 Å². The number of hydrogen-bond donors (Lipinski definition) is 1. The Labute approximate surface area is 122 Å². The van der Waals surface area contributed by atoms with E-state index in [4.69, 9.17) is 0 Å². The molecule has 0 radical (unpaired) electrons. The van der Waals surface area contributed by atoms with E-state index in [1.165, 1.54) is 10.9 Å². The second-order valence-corrected chi connectivity index (χ2v) is 4.66. The van der Waals surface area contributed by atoms with Gasteiger partial charge in [0.1, 0.15) is 18.2 Å². The Kier molecular flexibility index (Phi) is 3.51. The molecule has 6 heteroatoms. The van der Waals surface area contributed by atoms with Crippen molar-refractivity contribution in [2.24, 2.45) is 7.05 Å². The van der Waals surface area contributed by atoms with Gasteiger partial charge >= 0.3 is 6.03 Å². The van der Waals surface area contributed by atoms with Crippen molar-refractivity contribution >= 4 is 6.03 Å². The number of nitrogens with zero attached hydrogens (tertiary/aromatic N) is 4. The molecule has 0 fully saturated rings. The predicted molar refractivity (Wildman–Crippen MR) is 77.6 cm³/mol. The van der Waals surface area contributed by atoms with Gasteiger partial charge in [0, 0.05) is 31.8 Å². The number of carbonyl (C=O) groups is 1. The van der Waals surface area contributed by atoms with Crippen LogP contribution in [0.3, 0.4) is 0 Å². The van der Waals surface area contributed by atoms with E-state index in [0.717, 1.165) is 11.4 Å². The number of amides is 1. The first-order valence-corrected chi connectivity index (χ1v) is 6.56. The summed E-state index contributed by atoms with van der Waals surface area (Å²) in [7, 11) is 1.90. The fourth-order valence-corrected chi connectivity index (χ4v) is 2.18. The van der Waals surface area contributed by atoms with E-state index in [2.05, 4.69) is 15.3 Å². The van der Waals surface area contributed by atoms with E-state index < -0.39 is 0 Å². The smallest absolute Gasteiger partial charge is 0.327 e. The second-order valence-electron chi connectivity index (χ2n) is 4.66. The van der Waals surface area contributed by atoms with Crippen molar-refractivity contribution in [3.63, 3.8) is 0 Å². The molecule has 0 saturated heterocycles. The third-order valence-corrected chi connectivity index (χ3v) is 3.26. The summed E-state index contributed by atoms with van der Waals surface area (Å²) < 4.78 is 3.30. The number of hydrogen-bond acceptors (Lipinski definition) is 3. The highest BCUT2D eigenvalue weighted by atomic mass is 16.2. The summed E-state index contributed by atoms with van der Waals surface area (Å²) >= 11 is 0. The first-order chi connectivity index (χ1) is 10.3. The molecule has 3 rings (SSSR count). The molecule has 0 aliphatic rings. The normalized spacial score (nSPS) is 12.0. The summed E-state index contributed by atoms with van der Waals surface area (Å²) in [6.07, 6.45) is 8.22. The molecule has 0 aliphatic heterocycles. The molecule has 3 aromatic rings. The van der Waals surface area contributed by atoms with E-state index in [0.29, 0.717) is 0 Å². The molecular formula is C15H15N5O. The summed E-state index contributed by atoms with van der Waals surface area (Å²) in [5.74, 6) is 0.773. The van der Waals surface area contributed by atoms with Gasteiger partial charge in [0.2, 0.25) is 0 Å². The molecule has 6 nitrogen and oxygen atoms in total. The summed E-state index contributed by atoms with van der Waals surface area (Å²) in [4.78, 5) is 20.5. The van der Waals surface area contributed by atoms with Crippen molar-refractivity contribution in [2.45, 2.75) is 6.04 Å². The lowest BCUT2D eigenvalue weighted by molar-refractivity contribution is 0.239. The van der Waals surface area contributed by atoms with Gasteiger partial charge < -0.3 is 9.88 Å². The van der Waals surface area contributed by atoms with Gasteiger partial charge in [0.05, 0.1) is 0 Å². The maximum Gasteiger partial charge on any atom is 0.327 e. The summed E-state index contributed by atoms with van der Waals surface area (Å²) in [6.45, 7) is 0. The number of carbonyl (C=O) groups excluding carboxylic acids is 1. The number of aromatic nitrogens is 4. The Morgan fingerprint density at radius 3 is 2.62 bits per heavy atom. The Morgan fingerprint density at radius 2 is 2.00 bits per heavy atom. The SMILES string of the molecule is Cn1ccnc1C(NC(=O)n1ccnc1)c1ccccc1. The van der Waals surface area contributed by atoms with Crippen molar-refractivity contribution in [3.05, 3.63) is 72.8 Å². The van der Waals surface area contributed by atoms with Gasteiger partial charge in [-0.25, -0.2) is 14.8 Å². The van der Waals surface area contributed by atoms with Crippen LogP contribution in [0.2, 0.25) is 0 Å². The molecule has 21 heavy (non-hydrogen) atoms. The maximum absolute atomic E-state index is 12.3. The topological polar surface area (TPSA) is 64.7 Å². The molecule has 0 aliphatic carbocycles. The molecule has 0 saturated carbocycles. The van der Waals surface area contributed by atoms with Crippen LogP contribution in [0.15, 0.2) is 61.4 Å². The summed E-state index contributed by atoms with van der Waals surface area (Å²) in [5, 5.41) is 2.98.